The third kappa shape index (κ3) is 3.64. The molecule has 26 heavy (non-hydrogen) atoms. The van der Waals surface area contributed by atoms with E-state index in [9.17, 15) is 4.79 Å². The van der Waals surface area contributed by atoms with Crippen LogP contribution in [0.5, 0.6) is 5.75 Å². The number of amides is 1. The van der Waals surface area contributed by atoms with E-state index in [2.05, 4.69) is 29.6 Å². The summed E-state index contributed by atoms with van der Waals surface area (Å²) in [4.78, 5) is 12.3. The number of carbonyl (C=O) groups excluding carboxylic acids is 1. The van der Waals surface area contributed by atoms with Crippen molar-refractivity contribution in [2.75, 3.05) is 0 Å². The molecule has 3 nitrogen and oxygen atoms in total. The van der Waals surface area contributed by atoms with Crippen LogP contribution < -0.4 is 10.1 Å². The molecule has 1 aliphatic heterocycles. The second-order valence-electron chi connectivity index (χ2n) is 5.85. The molecule has 0 bridgehead atoms. The van der Waals surface area contributed by atoms with Gasteiger partial charge < -0.3 is 10.1 Å². The summed E-state index contributed by atoms with van der Waals surface area (Å²) in [5, 5.41) is 5.03. The SMILES string of the molecule is O=C1NC(=S)SC1=Cc1ccc(OCc2cccc3ccccc23)cc1. The monoisotopic (exact) mass is 377 g/mol. The molecule has 0 atom stereocenters. The first kappa shape index (κ1) is 16.8. The number of thioether (sulfide) groups is 1. The van der Waals surface area contributed by atoms with Crippen LogP contribution in [0, 0.1) is 0 Å². The molecule has 4 rings (SSSR count). The highest BCUT2D eigenvalue weighted by Crippen LogP contribution is 2.27. The van der Waals surface area contributed by atoms with Crippen LogP contribution in [0.3, 0.4) is 0 Å². The van der Waals surface area contributed by atoms with Crippen molar-refractivity contribution in [3.63, 3.8) is 0 Å². The van der Waals surface area contributed by atoms with Gasteiger partial charge in [-0.25, -0.2) is 0 Å². The van der Waals surface area contributed by atoms with Crippen LogP contribution >= 0.6 is 24.0 Å². The van der Waals surface area contributed by atoms with E-state index in [1.807, 2.05) is 48.5 Å². The van der Waals surface area contributed by atoms with Crippen molar-refractivity contribution in [3.05, 3.63) is 82.8 Å². The van der Waals surface area contributed by atoms with E-state index in [1.165, 1.54) is 22.5 Å². The van der Waals surface area contributed by atoms with Gasteiger partial charge in [0.05, 0.1) is 4.91 Å². The third-order valence-corrected chi connectivity index (χ3v) is 5.26. The number of carbonyl (C=O) groups is 1. The molecule has 3 aromatic carbocycles. The highest BCUT2D eigenvalue weighted by molar-refractivity contribution is 8.26. The smallest absolute Gasteiger partial charge is 0.263 e. The quantitative estimate of drug-likeness (QED) is 0.518. The Bertz CT molecular complexity index is 1020. The van der Waals surface area contributed by atoms with E-state index in [0.29, 0.717) is 15.8 Å². The molecule has 0 aliphatic carbocycles. The van der Waals surface area contributed by atoms with E-state index in [4.69, 9.17) is 17.0 Å². The predicted molar refractivity (Wildman–Crippen MR) is 111 cm³/mol. The lowest BCUT2D eigenvalue weighted by Gasteiger charge is -2.09. The first-order valence-electron chi connectivity index (χ1n) is 8.13. The summed E-state index contributed by atoms with van der Waals surface area (Å²) in [5.74, 6) is 0.649. The zero-order valence-electron chi connectivity index (χ0n) is 13.8. The molecule has 1 amide bonds. The maximum absolute atomic E-state index is 11.7. The summed E-state index contributed by atoms with van der Waals surface area (Å²) in [6, 6.07) is 22.2. The Balaban J connectivity index is 1.47. The molecule has 0 radical (unpaired) electrons. The Hall–Kier alpha value is -2.63. The summed E-state index contributed by atoms with van der Waals surface area (Å²) >= 11 is 6.28. The van der Waals surface area contributed by atoms with Crippen molar-refractivity contribution in [1.82, 2.24) is 5.32 Å². The Morgan fingerprint density at radius 2 is 1.77 bits per heavy atom. The van der Waals surface area contributed by atoms with E-state index in [1.54, 1.807) is 0 Å². The fraction of sp³-hybridized carbons (Fsp3) is 0.0476. The minimum absolute atomic E-state index is 0.142. The zero-order valence-corrected chi connectivity index (χ0v) is 15.4. The number of rotatable bonds is 4. The second kappa shape index (κ2) is 7.32. The number of hydrogen-bond acceptors (Lipinski definition) is 4. The van der Waals surface area contributed by atoms with Crippen LogP contribution in [-0.4, -0.2) is 10.2 Å². The van der Waals surface area contributed by atoms with E-state index >= 15 is 0 Å². The fourth-order valence-electron chi connectivity index (χ4n) is 2.81. The molecular formula is C21H15NO2S2. The standard InChI is InChI=1S/C21H15NO2S2/c23-20-19(26-21(25)22-20)12-14-8-10-17(11-9-14)24-13-16-6-3-5-15-4-1-2-7-18(15)16/h1-12H,13H2,(H,22,23,25). The highest BCUT2D eigenvalue weighted by atomic mass is 32.2. The van der Waals surface area contributed by atoms with Crippen LogP contribution in [0.2, 0.25) is 0 Å². The average molecular weight is 377 g/mol. The Kier molecular flexibility index (Phi) is 4.73. The molecule has 0 unspecified atom stereocenters. The summed E-state index contributed by atoms with van der Waals surface area (Å²) in [5.41, 5.74) is 2.09. The van der Waals surface area contributed by atoms with E-state index in [0.717, 1.165) is 16.9 Å². The Morgan fingerprint density at radius 3 is 2.54 bits per heavy atom. The molecule has 1 aliphatic rings. The molecule has 0 saturated carbocycles. The number of nitrogens with one attached hydrogen (secondary N) is 1. The van der Waals surface area contributed by atoms with Crippen molar-refractivity contribution in [3.8, 4) is 5.75 Å². The van der Waals surface area contributed by atoms with Gasteiger partial charge in [-0.05, 0) is 40.1 Å². The number of benzene rings is 3. The average Bonchev–Trinajstić information content (AvgIpc) is 2.98. The lowest BCUT2D eigenvalue weighted by atomic mass is 10.1. The normalized spacial score (nSPS) is 15.5. The minimum atomic E-state index is -0.142. The van der Waals surface area contributed by atoms with Gasteiger partial charge in [-0.15, -0.1) is 0 Å². The number of fused-ring (bicyclic) bond motifs is 1. The van der Waals surface area contributed by atoms with Crippen molar-refractivity contribution in [2.45, 2.75) is 6.61 Å². The van der Waals surface area contributed by atoms with E-state index < -0.39 is 0 Å². The van der Waals surface area contributed by atoms with Crippen LogP contribution in [0.1, 0.15) is 11.1 Å². The fourth-order valence-corrected chi connectivity index (χ4v) is 3.86. The van der Waals surface area contributed by atoms with Gasteiger partial charge in [0.1, 0.15) is 16.7 Å². The number of ether oxygens (including phenoxy) is 1. The molecule has 128 valence electrons. The molecule has 1 N–H and O–H groups in total. The lowest BCUT2D eigenvalue weighted by molar-refractivity contribution is -0.115. The van der Waals surface area contributed by atoms with Crippen LogP contribution in [-0.2, 0) is 11.4 Å². The molecule has 0 aromatic heterocycles. The van der Waals surface area contributed by atoms with E-state index in [-0.39, 0.29) is 5.91 Å². The van der Waals surface area contributed by atoms with Gasteiger partial charge in [-0.2, -0.15) is 0 Å². The molecule has 3 aromatic rings. The minimum Gasteiger partial charge on any atom is -0.489 e. The van der Waals surface area contributed by atoms with Gasteiger partial charge in [0, 0.05) is 0 Å². The second-order valence-corrected chi connectivity index (χ2v) is 7.57. The summed E-state index contributed by atoms with van der Waals surface area (Å²) in [7, 11) is 0. The summed E-state index contributed by atoms with van der Waals surface area (Å²) in [6.07, 6.45) is 1.83. The van der Waals surface area contributed by atoms with Gasteiger partial charge in [-0.3, -0.25) is 4.79 Å². The van der Waals surface area contributed by atoms with Gasteiger partial charge in [0.2, 0.25) is 0 Å². The van der Waals surface area contributed by atoms with Crippen molar-refractivity contribution >= 4 is 51.1 Å². The largest absolute Gasteiger partial charge is 0.489 e. The maximum Gasteiger partial charge on any atom is 0.263 e. The zero-order chi connectivity index (χ0) is 17.9. The molecule has 5 heteroatoms. The molecule has 0 spiro atoms. The van der Waals surface area contributed by atoms with Gasteiger partial charge in [0.25, 0.3) is 5.91 Å². The van der Waals surface area contributed by atoms with Gasteiger partial charge in [-0.1, -0.05) is 78.6 Å². The van der Waals surface area contributed by atoms with Crippen LogP contribution in [0.15, 0.2) is 71.6 Å². The van der Waals surface area contributed by atoms with Crippen LogP contribution in [0.4, 0.5) is 0 Å². The first-order chi connectivity index (χ1) is 12.7. The van der Waals surface area contributed by atoms with Crippen molar-refractivity contribution in [2.24, 2.45) is 0 Å². The molecular weight excluding hydrogens is 362 g/mol. The highest BCUT2D eigenvalue weighted by Gasteiger charge is 2.21. The van der Waals surface area contributed by atoms with Gasteiger partial charge in [0.15, 0.2) is 0 Å². The molecule has 1 fully saturated rings. The number of thiocarbonyl (C=S) groups is 1. The maximum atomic E-state index is 11.7. The Labute approximate surface area is 161 Å². The van der Waals surface area contributed by atoms with Crippen LogP contribution in [0.25, 0.3) is 16.8 Å². The molecule has 1 saturated heterocycles. The topological polar surface area (TPSA) is 38.3 Å². The first-order valence-corrected chi connectivity index (χ1v) is 9.36. The van der Waals surface area contributed by atoms with Gasteiger partial charge >= 0.3 is 0 Å². The lowest BCUT2D eigenvalue weighted by Crippen LogP contribution is -2.17. The summed E-state index contributed by atoms with van der Waals surface area (Å²) in [6.45, 7) is 0.508. The van der Waals surface area contributed by atoms with Crippen molar-refractivity contribution < 1.29 is 9.53 Å². The molecule has 1 heterocycles. The van der Waals surface area contributed by atoms with Crippen molar-refractivity contribution in [1.29, 1.82) is 0 Å². The third-order valence-electron chi connectivity index (χ3n) is 4.09. The predicted octanol–water partition coefficient (Wildman–Crippen LogP) is 4.91. The summed E-state index contributed by atoms with van der Waals surface area (Å²) < 4.78 is 6.43. The number of hydrogen-bond donors (Lipinski definition) is 1. The Morgan fingerprint density at radius 1 is 1.00 bits per heavy atom.